The second kappa shape index (κ2) is 2.65. The number of aromatic nitrogens is 2. The van der Waals surface area contributed by atoms with Crippen LogP contribution in [0.5, 0.6) is 0 Å². The van der Waals surface area contributed by atoms with Gasteiger partial charge in [0.1, 0.15) is 5.82 Å². The van der Waals surface area contributed by atoms with Gasteiger partial charge in [0.05, 0.1) is 6.20 Å². The maximum atomic E-state index is 12.3. The number of rotatable bonds is 0. The number of anilines is 1. The average molecular weight is 191 g/mol. The van der Waals surface area contributed by atoms with Gasteiger partial charge in [-0.15, -0.1) is 0 Å². The summed E-state index contributed by atoms with van der Waals surface area (Å²) in [5.74, 6) is -0.353. The summed E-state index contributed by atoms with van der Waals surface area (Å²) in [7, 11) is 0. The zero-order valence-corrected chi connectivity index (χ0v) is 6.73. The number of alkyl halides is 3. The molecule has 0 spiro atoms. The van der Waals surface area contributed by atoms with E-state index in [0.717, 1.165) is 0 Å². The molecule has 72 valence electrons. The van der Waals surface area contributed by atoms with E-state index in [1.165, 1.54) is 10.8 Å². The van der Waals surface area contributed by atoms with Crippen LogP contribution in [-0.4, -0.2) is 16.1 Å². The first-order valence-corrected chi connectivity index (χ1v) is 3.95. The fraction of sp³-hybridized carbons (Fsp3) is 0.571. The van der Waals surface area contributed by atoms with Crippen LogP contribution in [-0.2, 0) is 12.7 Å². The zero-order valence-electron chi connectivity index (χ0n) is 6.73. The third kappa shape index (κ3) is 1.36. The molecule has 0 radical (unpaired) electrons. The molecule has 0 atom stereocenters. The minimum absolute atomic E-state index is 0.386. The largest absolute Gasteiger partial charge is 0.449 e. The average Bonchev–Trinajstić information content (AvgIpc) is 2.45. The van der Waals surface area contributed by atoms with Crippen LogP contribution in [0.1, 0.15) is 12.2 Å². The Morgan fingerprint density at radius 3 is 2.92 bits per heavy atom. The Morgan fingerprint density at radius 2 is 2.23 bits per heavy atom. The Labute approximate surface area is 72.6 Å². The Morgan fingerprint density at radius 1 is 1.46 bits per heavy atom. The fourth-order valence-corrected chi connectivity index (χ4v) is 1.42. The summed E-state index contributed by atoms with van der Waals surface area (Å²) < 4.78 is 38.1. The van der Waals surface area contributed by atoms with Crippen molar-refractivity contribution in [3.63, 3.8) is 0 Å². The van der Waals surface area contributed by atoms with Gasteiger partial charge >= 0.3 is 6.18 Å². The van der Waals surface area contributed by atoms with E-state index < -0.39 is 12.0 Å². The summed E-state index contributed by atoms with van der Waals surface area (Å²) in [6.45, 7) is 1.10. The van der Waals surface area contributed by atoms with Gasteiger partial charge in [-0.05, 0) is 6.42 Å². The number of nitrogens with one attached hydrogen (secondary N) is 1. The number of fused-ring (bicyclic) bond motifs is 1. The number of imidazole rings is 1. The lowest BCUT2D eigenvalue weighted by Gasteiger charge is -2.18. The van der Waals surface area contributed by atoms with Crippen molar-refractivity contribution in [3.8, 4) is 0 Å². The quantitative estimate of drug-likeness (QED) is 0.676. The van der Waals surface area contributed by atoms with Gasteiger partial charge in [0.2, 0.25) is 5.82 Å². The predicted octanol–water partition coefficient (Wildman–Crippen LogP) is 1.72. The summed E-state index contributed by atoms with van der Waals surface area (Å²) in [4.78, 5) is 3.34. The second-order valence-corrected chi connectivity index (χ2v) is 2.90. The molecule has 2 rings (SSSR count). The van der Waals surface area contributed by atoms with Gasteiger partial charge < -0.3 is 9.88 Å². The van der Waals surface area contributed by atoms with Crippen molar-refractivity contribution >= 4 is 5.82 Å². The number of hydrogen-bond donors (Lipinski definition) is 1. The molecule has 1 aromatic heterocycles. The third-order valence-electron chi connectivity index (χ3n) is 1.97. The lowest BCUT2D eigenvalue weighted by atomic mass is 10.3. The monoisotopic (exact) mass is 191 g/mol. The summed E-state index contributed by atoms with van der Waals surface area (Å²) in [5, 5.41) is 2.86. The minimum atomic E-state index is -4.35. The normalized spacial score (nSPS) is 16.5. The number of nitrogens with zero attached hydrogens (tertiary/aromatic N) is 2. The van der Waals surface area contributed by atoms with Crippen LogP contribution >= 0.6 is 0 Å². The molecule has 1 aromatic rings. The van der Waals surface area contributed by atoms with Crippen LogP contribution in [0.4, 0.5) is 19.0 Å². The van der Waals surface area contributed by atoms with Crippen molar-refractivity contribution < 1.29 is 13.2 Å². The maximum absolute atomic E-state index is 12.3. The molecule has 1 N–H and O–H groups in total. The first-order valence-electron chi connectivity index (χ1n) is 3.95. The molecule has 0 fully saturated rings. The Kier molecular flexibility index (Phi) is 1.71. The molecule has 0 saturated carbocycles. The fourth-order valence-electron chi connectivity index (χ4n) is 1.42. The standard InChI is InChI=1S/C7H8F3N3/c8-7(9,10)6-12-4-5-11-2-1-3-13(5)6/h4,11H,1-3H2. The van der Waals surface area contributed by atoms with Crippen molar-refractivity contribution in [3.05, 3.63) is 12.0 Å². The molecule has 0 amide bonds. The molecule has 1 aliphatic heterocycles. The molecule has 13 heavy (non-hydrogen) atoms. The van der Waals surface area contributed by atoms with E-state index in [-0.39, 0.29) is 0 Å². The van der Waals surface area contributed by atoms with E-state index in [9.17, 15) is 13.2 Å². The number of hydrogen-bond acceptors (Lipinski definition) is 2. The predicted molar refractivity (Wildman–Crippen MR) is 40.3 cm³/mol. The van der Waals surface area contributed by atoms with E-state index in [4.69, 9.17) is 0 Å². The van der Waals surface area contributed by atoms with Crippen molar-refractivity contribution in [1.29, 1.82) is 0 Å². The maximum Gasteiger partial charge on any atom is 0.449 e. The minimum Gasteiger partial charge on any atom is -0.370 e. The summed E-state index contributed by atoms with van der Waals surface area (Å²) in [6, 6.07) is 0. The van der Waals surface area contributed by atoms with Crippen LogP contribution in [0.25, 0.3) is 0 Å². The van der Waals surface area contributed by atoms with Crippen LogP contribution in [0.3, 0.4) is 0 Å². The molecule has 0 bridgehead atoms. The second-order valence-electron chi connectivity index (χ2n) is 2.90. The van der Waals surface area contributed by atoms with Crippen molar-refractivity contribution in [2.75, 3.05) is 11.9 Å². The number of halogens is 3. The first kappa shape index (κ1) is 8.40. The molecule has 0 unspecified atom stereocenters. The molecular formula is C7H8F3N3. The van der Waals surface area contributed by atoms with Crippen molar-refractivity contribution in [2.24, 2.45) is 0 Å². The van der Waals surface area contributed by atoms with E-state index in [1.54, 1.807) is 0 Å². The molecule has 0 aromatic carbocycles. The van der Waals surface area contributed by atoms with Crippen LogP contribution in [0.2, 0.25) is 0 Å². The van der Waals surface area contributed by atoms with Gasteiger partial charge in [-0.3, -0.25) is 0 Å². The Hall–Kier alpha value is -1.20. The smallest absolute Gasteiger partial charge is 0.370 e. The van der Waals surface area contributed by atoms with E-state index in [2.05, 4.69) is 10.3 Å². The molecular weight excluding hydrogens is 183 g/mol. The highest BCUT2D eigenvalue weighted by Crippen LogP contribution is 2.31. The molecule has 1 aliphatic rings. The SMILES string of the molecule is FC(F)(F)c1ncc2n1CCCN2. The highest BCUT2D eigenvalue weighted by Gasteiger charge is 2.37. The van der Waals surface area contributed by atoms with E-state index >= 15 is 0 Å². The highest BCUT2D eigenvalue weighted by molar-refractivity contribution is 5.36. The Bertz CT molecular complexity index is 315. The molecule has 0 saturated heterocycles. The molecule has 3 nitrogen and oxygen atoms in total. The molecule has 6 heteroatoms. The van der Waals surface area contributed by atoms with Crippen LogP contribution < -0.4 is 5.32 Å². The summed E-state index contributed by atoms with van der Waals surface area (Å²) in [5.41, 5.74) is 0. The van der Waals surface area contributed by atoms with E-state index in [1.807, 2.05) is 0 Å². The van der Waals surface area contributed by atoms with Gasteiger partial charge in [0, 0.05) is 13.1 Å². The topological polar surface area (TPSA) is 29.9 Å². The Balaban J connectivity index is 2.43. The van der Waals surface area contributed by atoms with E-state index in [0.29, 0.717) is 25.3 Å². The van der Waals surface area contributed by atoms with Crippen molar-refractivity contribution in [2.45, 2.75) is 19.1 Å². The van der Waals surface area contributed by atoms with Gasteiger partial charge in [-0.1, -0.05) is 0 Å². The van der Waals surface area contributed by atoms with Crippen LogP contribution in [0, 0.1) is 0 Å². The molecule has 0 aliphatic carbocycles. The summed E-state index contributed by atoms with van der Waals surface area (Å²) in [6.07, 6.45) is -2.42. The summed E-state index contributed by atoms with van der Waals surface area (Å²) >= 11 is 0. The lowest BCUT2D eigenvalue weighted by Crippen LogP contribution is -2.22. The molecule has 2 heterocycles. The van der Waals surface area contributed by atoms with Crippen LogP contribution in [0.15, 0.2) is 6.20 Å². The van der Waals surface area contributed by atoms with Gasteiger partial charge in [-0.2, -0.15) is 13.2 Å². The first-order chi connectivity index (χ1) is 6.09. The third-order valence-corrected chi connectivity index (χ3v) is 1.97. The van der Waals surface area contributed by atoms with Gasteiger partial charge in [0.25, 0.3) is 0 Å². The lowest BCUT2D eigenvalue weighted by molar-refractivity contribution is -0.147. The van der Waals surface area contributed by atoms with Gasteiger partial charge in [-0.25, -0.2) is 4.98 Å². The highest BCUT2D eigenvalue weighted by atomic mass is 19.4. The van der Waals surface area contributed by atoms with Gasteiger partial charge in [0.15, 0.2) is 0 Å². The zero-order chi connectivity index (χ0) is 9.47. The van der Waals surface area contributed by atoms with Crippen molar-refractivity contribution in [1.82, 2.24) is 9.55 Å².